The zero-order chi connectivity index (χ0) is 25.8. The van der Waals surface area contributed by atoms with Gasteiger partial charge in [0.15, 0.2) is 0 Å². The maximum atomic E-state index is 13.0. The number of rotatable bonds is 7. The third-order valence-corrected chi connectivity index (χ3v) is 5.97. The maximum absolute atomic E-state index is 13.0. The van der Waals surface area contributed by atoms with E-state index in [1.165, 1.54) is 31.4 Å². The highest BCUT2D eigenvalue weighted by Crippen LogP contribution is 2.30. The Morgan fingerprint density at radius 1 is 0.889 bits per heavy atom. The van der Waals surface area contributed by atoms with Crippen molar-refractivity contribution < 1.29 is 23.9 Å². The van der Waals surface area contributed by atoms with E-state index >= 15 is 0 Å². The summed E-state index contributed by atoms with van der Waals surface area (Å²) in [6, 6.07) is 21.8. The Labute approximate surface area is 212 Å². The average molecular weight is 504 g/mol. The number of halogens is 1. The zero-order valence-corrected chi connectivity index (χ0v) is 20.2. The molecule has 1 aliphatic heterocycles. The van der Waals surface area contributed by atoms with E-state index in [2.05, 4.69) is 10.6 Å². The molecule has 1 heterocycles. The quantitative estimate of drug-likeness (QED) is 0.366. The van der Waals surface area contributed by atoms with Crippen LogP contribution in [0.2, 0.25) is 0 Å². The molecule has 0 spiro atoms. The molecule has 182 valence electrons. The first kappa shape index (κ1) is 24.7. The monoisotopic (exact) mass is 503 g/mol. The minimum absolute atomic E-state index is 0.111. The van der Waals surface area contributed by atoms with E-state index in [9.17, 15) is 19.2 Å². The van der Waals surface area contributed by atoms with Crippen molar-refractivity contribution in [3.05, 3.63) is 106 Å². The first-order valence-electron chi connectivity index (χ1n) is 11.0. The molecule has 3 aromatic rings. The number of nitrogens with one attached hydrogen (secondary N) is 2. The van der Waals surface area contributed by atoms with Gasteiger partial charge in [-0.1, -0.05) is 48.0 Å². The number of imide groups is 1. The number of anilines is 2. The van der Waals surface area contributed by atoms with E-state index in [0.717, 1.165) is 10.5 Å². The number of carbonyl (C=O) groups is 4. The molecule has 9 heteroatoms. The zero-order valence-electron chi connectivity index (χ0n) is 19.4. The number of methoxy groups -OCH3 is 1. The van der Waals surface area contributed by atoms with E-state index in [0.29, 0.717) is 11.3 Å². The van der Waals surface area contributed by atoms with Crippen LogP contribution in [-0.4, -0.2) is 30.8 Å². The van der Waals surface area contributed by atoms with Crippen molar-refractivity contribution in [2.45, 2.75) is 13.0 Å². The van der Waals surface area contributed by atoms with E-state index in [4.69, 9.17) is 16.3 Å². The third-order valence-electron chi connectivity index (χ3n) is 5.62. The lowest BCUT2D eigenvalue weighted by molar-refractivity contribution is -0.120. The summed E-state index contributed by atoms with van der Waals surface area (Å²) < 4.78 is 4.69. The second-order valence-corrected chi connectivity index (χ2v) is 8.36. The van der Waals surface area contributed by atoms with Crippen LogP contribution in [-0.2, 0) is 14.3 Å². The van der Waals surface area contributed by atoms with Gasteiger partial charge in [0.25, 0.3) is 17.7 Å². The van der Waals surface area contributed by atoms with Crippen molar-refractivity contribution in [3.63, 3.8) is 0 Å². The van der Waals surface area contributed by atoms with Gasteiger partial charge in [0.2, 0.25) is 0 Å². The van der Waals surface area contributed by atoms with Crippen LogP contribution in [0.4, 0.5) is 11.4 Å². The molecule has 4 rings (SSSR count). The Bertz CT molecular complexity index is 1370. The highest BCUT2D eigenvalue weighted by molar-refractivity contribution is 6.53. The number of ether oxygens (including phenoxy) is 1. The van der Waals surface area contributed by atoms with Gasteiger partial charge in [-0.05, 0) is 55.0 Å². The number of hydrogen-bond acceptors (Lipinski definition) is 6. The largest absolute Gasteiger partial charge is 0.465 e. The van der Waals surface area contributed by atoms with Crippen LogP contribution in [0.1, 0.15) is 39.2 Å². The molecule has 3 amide bonds. The number of benzene rings is 3. The van der Waals surface area contributed by atoms with Gasteiger partial charge in [0, 0.05) is 11.3 Å². The molecule has 0 saturated heterocycles. The van der Waals surface area contributed by atoms with Gasteiger partial charge in [0.05, 0.1) is 24.4 Å². The lowest BCUT2D eigenvalue weighted by atomic mass is 10.1. The fourth-order valence-electron chi connectivity index (χ4n) is 3.69. The number of carbonyl (C=O) groups excluding carboxylic acids is 4. The lowest BCUT2D eigenvalue weighted by Crippen LogP contribution is -2.32. The normalized spacial score (nSPS) is 14.0. The van der Waals surface area contributed by atoms with Crippen LogP contribution < -0.4 is 15.5 Å². The van der Waals surface area contributed by atoms with Crippen LogP contribution in [0, 0.1) is 0 Å². The summed E-state index contributed by atoms with van der Waals surface area (Å²) in [5.41, 5.74) is 2.13. The summed E-state index contributed by atoms with van der Waals surface area (Å²) in [6.45, 7) is 1.90. The SMILES string of the molecule is COC(=O)c1cccc(N2C(=O)C(Cl)=C(Nc3ccc(C(=O)NC(C)c4ccccc4)cc3)C2=O)c1. The second-order valence-electron chi connectivity index (χ2n) is 7.98. The van der Waals surface area contributed by atoms with Crippen molar-refractivity contribution in [2.24, 2.45) is 0 Å². The first-order chi connectivity index (χ1) is 17.3. The second kappa shape index (κ2) is 10.5. The first-order valence-corrected chi connectivity index (χ1v) is 11.4. The smallest absolute Gasteiger partial charge is 0.337 e. The number of nitrogens with zero attached hydrogens (tertiary/aromatic N) is 1. The fourth-order valence-corrected chi connectivity index (χ4v) is 3.90. The summed E-state index contributed by atoms with van der Waals surface area (Å²) in [7, 11) is 1.24. The molecule has 0 aromatic heterocycles. The standard InChI is InChI=1S/C27H22ClN3O5/c1-16(17-7-4-3-5-8-17)29-24(32)18-11-13-20(14-12-18)30-23-22(28)25(33)31(26(23)34)21-10-6-9-19(15-21)27(35)36-2/h3-16,30H,1-2H3,(H,29,32). The lowest BCUT2D eigenvalue weighted by Gasteiger charge is -2.16. The number of hydrogen-bond donors (Lipinski definition) is 2. The van der Waals surface area contributed by atoms with Gasteiger partial charge in [-0.3, -0.25) is 14.4 Å². The highest BCUT2D eigenvalue weighted by atomic mass is 35.5. The van der Waals surface area contributed by atoms with Gasteiger partial charge >= 0.3 is 5.97 Å². The molecular formula is C27H22ClN3O5. The van der Waals surface area contributed by atoms with Crippen molar-refractivity contribution in [1.29, 1.82) is 0 Å². The maximum Gasteiger partial charge on any atom is 0.337 e. The predicted octanol–water partition coefficient (Wildman–Crippen LogP) is 4.40. The van der Waals surface area contributed by atoms with Crippen molar-refractivity contribution >= 4 is 46.7 Å². The van der Waals surface area contributed by atoms with Gasteiger partial charge < -0.3 is 15.4 Å². The van der Waals surface area contributed by atoms with Crippen LogP contribution in [0.25, 0.3) is 0 Å². The summed E-state index contributed by atoms with van der Waals surface area (Å²) in [5, 5.41) is 5.51. The fraction of sp³-hybridized carbons (Fsp3) is 0.111. The molecule has 1 aliphatic rings. The molecule has 0 aliphatic carbocycles. The van der Waals surface area contributed by atoms with Crippen molar-refractivity contribution in [2.75, 3.05) is 17.3 Å². The van der Waals surface area contributed by atoms with Crippen molar-refractivity contribution in [3.8, 4) is 0 Å². The summed E-state index contributed by atoms with van der Waals surface area (Å²) in [5.74, 6) is -2.25. The Morgan fingerprint density at radius 3 is 2.25 bits per heavy atom. The van der Waals surface area contributed by atoms with Gasteiger partial charge in [0.1, 0.15) is 10.7 Å². The molecular weight excluding hydrogens is 482 g/mol. The summed E-state index contributed by atoms with van der Waals surface area (Å²) in [4.78, 5) is 51.1. The molecule has 2 N–H and O–H groups in total. The minimum Gasteiger partial charge on any atom is -0.465 e. The van der Waals surface area contributed by atoms with Crippen LogP contribution in [0.3, 0.4) is 0 Å². The molecule has 1 unspecified atom stereocenters. The summed E-state index contributed by atoms with van der Waals surface area (Å²) >= 11 is 6.19. The molecule has 8 nitrogen and oxygen atoms in total. The Kier molecular flexibility index (Phi) is 7.17. The van der Waals surface area contributed by atoms with Crippen LogP contribution >= 0.6 is 11.6 Å². The van der Waals surface area contributed by atoms with E-state index in [1.807, 2.05) is 37.3 Å². The third kappa shape index (κ3) is 4.99. The molecule has 1 atom stereocenters. The van der Waals surface area contributed by atoms with E-state index in [-0.39, 0.29) is 33.9 Å². The molecule has 36 heavy (non-hydrogen) atoms. The Balaban J connectivity index is 1.46. The number of amides is 3. The highest BCUT2D eigenvalue weighted by Gasteiger charge is 2.39. The Morgan fingerprint density at radius 2 is 1.58 bits per heavy atom. The van der Waals surface area contributed by atoms with Crippen LogP contribution in [0.5, 0.6) is 0 Å². The Hall–Kier alpha value is -4.43. The van der Waals surface area contributed by atoms with Gasteiger partial charge in [-0.15, -0.1) is 0 Å². The van der Waals surface area contributed by atoms with Gasteiger partial charge in [-0.2, -0.15) is 0 Å². The average Bonchev–Trinajstić information content (AvgIpc) is 3.11. The molecule has 0 fully saturated rings. The molecule has 0 bridgehead atoms. The summed E-state index contributed by atoms with van der Waals surface area (Å²) in [6.07, 6.45) is 0. The van der Waals surface area contributed by atoms with E-state index in [1.54, 1.807) is 24.3 Å². The van der Waals surface area contributed by atoms with Crippen molar-refractivity contribution in [1.82, 2.24) is 5.32 Å². The predicted molar refractivity (Wildman–Crippen MR) is 136 cm³/mol. The van der Waals surface area contributed by atoms with Crippen LogP contribution in [0.15, 0.2) is 89.6 Å². The minimum atomic E-state index is -0.725. The molecule has 3 aromatic carbocycles. The number of esters is 1. The van der Waals surface area contributed by atoms with E-state index < -0.39 is 17.8 Å². The van der Waals surface area contributed by atoms with Gasteiger partial charge in [-0.25, -0.2) is 9.69 Å². The topological polar surface area (TPSA) is 105 Å². The molecule has 0 radical (unpaired) electrons. The molecule has 0 saturated carbocycles.